The van der Waals surface area contributed by atoms with Crippen molar-refractivity contribution in [3.05, 3.63) is 11.9 Å². The van der Waals surface area contributed by atoms with Crippen LogP contribution in [0, 0.1) is 5.92 Å². The summed E-state index contributed by atoms with van der Waals surface area (Å²) in [6, 6.07) is 0.139. The molecule has 0 bridgehead atoms. The van der Waals surface area contributed by atoms with E-state index in [1.165, 1.54) is 0 Å². The van der Waals surface area contributed by atoms with Crippen LogP contribution in [0.2, 0.25) is 0 Å². The third kappa shape index (κ3) is 3.79. The maximum atomic E-state index is 11.6. The molecule has 2 unspecified atom stereocenters. The zero-order valence-corrected chi connectivity index (χ0v) is 13.1. The first-order valence-corrected chi connectivity index (χ1v) is 9.20. The van der Waals surface area contributed by atoms with Crippen LogP contribution in [0.15, 0.2) is 6.20 Å². The molecule has 0 radical (unpaired) electrons. The smallest absolute Gasteiger partial charge is 0.150 e. The first-order chi connectivity index (χ1) is 9.55. The lowest BCUT2D eigenvalue weighted by molar-refractivity contribution is 0.394. The van der Waals surface area contributed by atoms with Gasteiger partial charge >= 0.3 is 0 Å². The van der Waals surface area contributed by atoms with E-state index in [0.29, 0.717) is 11.5 Å². The van der Waals surface area contributed by atoms with Gasteiger partial charge in [0.2, 0.25) is 0 Å². The second-order valence-electron chi connectivity index (χ2n) is 5.50. The van der Waals surface area contributed by atoms with Gasteiger partial charge in [0.25, 0.3) is 0 Å². The molecule has 20 heavy (non-hydrogen) atoms. The number of hydrogen-bond donors (Lipinski definition) is 1. The Morgan fingerprint density at radius 2 is 2.30 bits per heavy atom. The van der Waals surface area contributed by atoms with Crippen LogP contribution >= 0.6 is 0 Å². The summed E-state index contributed by atoms with van der Waals surface area (Å²) < 4.78 is 25.1. The minimum Gasteiger partial charge on any atom is -0.309 e. The van der Waals surface area contributed by atoms with Gasteiger partial charge in [-0.05, 0) is 31.7 Å². The third-order valence-corrected chi connectivity index (χ3v) is 5.62. The molecular formula is C13H24N4O2S. The number of hydrogen-bond acceptors (Lipinski definition) is 5. The molecule has 0 amide bonds. The molecule has 2 rings (SSSR count). The zero-order valence-electron chi connectivity index (χ0n) is 12.2. The summed E-state index contributed by atoms with van der Waals surface area (Å²) in [6.45, 7) is 5.87. The summed E-state index contributed by atoms with van der Waals surface area (Å²) in [5, 5.41) is 11.6. The molecule has 1 fully saturated rings. The van der Waals surface area contributed by atoms with Gasteiger partial charge in [-0.3, -0.25) is 0 Å². The molecule has 2 atom stereocenters. The minimum atomic E-state index is -2.81. The Morgan fingerprint density at radius 3 is 2.90 bits per heavy atom. The SMILES string of the molecule is CCCn1nncc1C(CC1CCS(=O)(=O)C1)NCC. The van der Waals surface area contributed by atoms with Crippen molar-refractivity contribution in [2.45, 2.75) is 45.7 Å². The molecule has 6 nitrogen and oxygen atoms in total. The van der Waals surface area contributed by atoms with E-state index in [9.17, 15) is 8.42 Å². The van der Waals surface area contributed by atoms with Gasteiger partial charge in [-0.15, -0.1) is 5.10 Å². The second-order valence-corrected chi connectivity index (χ2v) is 7.73. The summed E-state index contributed by atoms with van der Waals surface area (Å²) in [6.07, 6.45) is 4.42. The maximum absolute atomic E-state index is 11.6. The van der Waals surface area contributed by atoms with Crippen LogP contribution in [-0.2, 0) is 16.4 Å². The number of aryl methyl sites for hydroxylation is 1. The molecule has 0 spiro atoms. The average Bonchev–Trinajstić information content (AvgIpc) is 2.96. The van der Waals surface area contributed by atoms with E-state index in [-0.39, 0.29) is 12.0 Å². The molecule has 0 aliphatic carbocycles. The first-order valence-electron chi connectivity index (χ1n) is 7.38. The molecule has 1 aliphatic rings. The predicted molar refractivity (Wildman–Crippen MR) is 78.1 cm³/mol. The highest BCUT2D eigenvalue weighted by atomic mass is 32.2. The van der Waals surface area contributed by atoms with E-state index in [1.807, 2.05) is 4.68 Å². The van der Waals surface area contributed by atoms with Crippen LogP contribution in [0.3, 0.4) is 0 Å². The van der Waals surface area contributed by atoms with Gasteiger partial charge in [-0.25, -0.2) is 13.1 Å². The number of rotatable bonds is 7. The Hall–Kier alpha value is -0.950. The summed E-state index contributed by atoms with van der Waals surface area (Å²) >= 11 is 0. The van der Waals surface area contributed by atoms with E-state index in [4.69, 9.17) is 0 Å². The van der Waals surface area contributed by atoms with Crippen molar-refractivity contribution in [2.75, 3.05) is 18.1 Å². The van der Waals surface area contributed by atoms with Gasteiger partial charge in [0.1, 0.15) is 0 Å². The molecule has 1 saturated heterocycles. The molecule has 2 heterocycles. The van der Waals surface area contributed by atoms with Crippen LogP contribution < -0.4 is 5.32 Å². The lowest BCUT2D eigenvalue weighted by Crippen LogP contribution is -2.26. The fourth-order valence-electron chi connectivity index (χ4n) is 2.87. The Kier molecular flexibility index (Phi) is 5.15. The predicted octanol–water partition coefficient (Wildman–Crippen LogP) is 1.16. The van der Waals surface area contributed by atoms with Crippen molar-refractivity contribution in [3.8, 4) is 0 Å². The Balaban J connectivity index is 2.08. The van der Waals surface area contributed by atoms with Crippen LogP contribution in [0.4, 0.5) is 0 Å². The van der Waals surface area contributed by atoms with Crippen molar-refractivity contribution >= 4 is 9.84 Å². The van der Waals surface area contributed by atoms with Gasteiger partial charge in [0, 0.05) is 6.54 Å². The summed E-state index contributed by atoms with van der Waals surface area (Å²) in [4.78, 5) is 0. The van der Waals surface area contributed by atoms with Gasteiger partial charge < -0.3 is 5.32 Å². The highest BCUT2D eigenvalue weighted by Crippen LogP contribution is 2.28. The fraction of sp³-hybridized carbons (Fsp3) is 0.846. The maximum Gasteiger partial charge on any atom is 0.150 e. The topological polar surface area (TPSA) is 76.9 Å². The largest absolute Gasteiger partial charge is 0.309 e. The normalized spacial score (nSPS) is 23.0. The molecule has 1 aromatic rings. The monoisotopic (exact) mass is 300 g/mol. The van der Waals surface area contributed by atoms with E-state index in [2.05, 4.69) is 29.5 Å². The van der Waals surface area contributed by atoms with E-state index in [0.717, 1.165) is 38.0 Å². The average molecular weight is 300 g/mol. The quantitative estimate of drug-likeness (QED) is 0.818. The zero-order chi connectivity index (χ0) is 14.6. The number of sulfone groups is 1. The van der Waals surface area contributed by atoms with Crippen LogP contribution in [0.1, 0.15) is 44.8 Å². The van der Waals surface area contributed by atoms with E-state index < -0.39 is 9.84 Å². The van der Waals surface area contributed by atoms with Crippen LogP contribution in [0.25, 0.3) is 0 Å². The fourth-order valence-corrected chi connectivity index (χ4v) is 4.75. The molecule has 1 N–H and O–H groups in total. The van der Waals surface area contributed by atoms with Gasteiger partial charge in [-0.1, -0.05) is 19.1 Å². The Morgan fingerprint density at radius 1 is 1.50 bits per heavy atom. The van der Waals surface area contributed by atoms with Gasteiger partial charge in [0.15, 0.2) is 9.84 Å². The molecule has 1 aliphatic heterocycles. The van der Waals surface area contributed by atoms with Crippen LogP contribution in [-0.4, -0.2) is 41.5 Å². The highest BCUT2D eigenvalue weighted by molar-refractivity contribution is 7.91. The lowest BCUT2D eigenvalue weighted by Gasteiger charge is -2.21. The highest BCUT2D eigenvalue weighted by Gasteiger charge is 2.31. The molecule has 7 heteroatoms. The molecule has 1 aromatic heterocycles. The molecule has 114 valence electrons. The van der Waals surface area contributed by atoms with Crippen molar-refractivity contribution in [1.82, 2.24) is 20.3 Å². The molecule has 0 saturated carbocycles. The summed E-state index contributed by atoms with van der Waals surface area (Å²) in [7, 11) is -2.81. The van der Waals surface area contributed by atoms with Crippen LogP contribution in [0.5, 0.6) is 0 Å². The van der Waals surface area contributed by atoms with Crippen molar-refractivity contribution in [1.29, 1.82) is 0 Å². The number of aromatic nitrogens is 3. The van der Waals surface area contributed by atoms with E-state index >= 15 is 0 Å². The minimum absolute atomic E-state index is 0.139. The van der Waals surface area contributed by atoms with Gasteiger partial charge in [0.05, 0.1) is 29.4 Å². The Bertz CT molecular complexity index is 526. The standard InChI is InChI=1S/C13H24N4O2S/c1-3-6-17-13(9-15-16-17)12(14-4-2)8-11-5-7-20(18,19)10-11/h9,11-12,14H,3-8,10H2,1-2H3. The van der Waals surface area contributed by atoms with Crippen molar-refractivity contribution in [2.24, 2.45) is 5.92 Å². The molecular weight excluding hydrogens is 276 g/mol. The lowest BCUT2D eigenvalue weighted by atomic mass is 9.97. The Labute approximate surface area is 120 Å². The van der Waals surface area contributed by atoms with Crippen molar-refractivity contribution in [3.63, 3.8) is 0 Å². The van der Waals surface area contributed by atoms with E-state index in [1.54, 1.807) is 6.20 Å². The summed E-state index contributed by atoms with van der Waals surface area (Å²) in [5.74, 6) is 0.904. The summed E-state index contributed by atoms with van der Waals surface area (Å²) in [5.41, 5.74) is 1.07. The third-order valence-electron chi connectivity index (χ3n) is 3.79. The molecule has 0 aromatic carbocycles. The second kappa shape index (κ2) is 6.67. The van der Waals surface area contributed by atoms with Crippen molar-refractivity contribution < 1.29 is 8.42 Å². The number of nitrogens with one attached hydrogen (secondary N) is 1. The number of nitrogens with zero attached hydrogens (tertiary/aromatic N) is 3. The van der Waals surface area contributed by atoms with Gasteiger partial charge in [-0.2, -0.15) is 0 Å². The first kappa shape index (κ1) is 15.4.